The first-order valence-corrected chi connectivity index (χ1v) is 12.0. The standard InChI is InChI=1S/C23H24N6O2S2/c1-14-9-10-19(15(2)11-14)31-12-20-27-28-23(29(20)24)33-16(3)21(30)26-22-25-18(13-32-22)17-7-5-4-6-8-17/h4-11,13,16H,12,24H2,1-3H3,(H,25,26,30). The number of nitrogens with two attached hydrogens (primary N) is 1. The lowest BCUT2D eigenvalue weighted by Gasteiger charge is -2.11. The van der Waals surface area contributed by atoms with E-state index in [4.69, 9.17) is 10.6 Å². The number of hydrogen-bond acceptors (Lipinski definition) is 8. The maximum Gasteiger partial charge on any atom is 0.239 e. The maximum atomic E-state index is 12.7. The van der Waals surface area contributed by atoms with Crippen LogP contribution in [0.2, 0.25) is 0 Å². The third-order valence-electron chi connectivity index (χ3n) is 4.88. The van der Waals surface area contributed by atoms with Gasteiger partial charge in [0.05, 0.1) is 10.9 Å². The largest absolute Gasteiger partial charge is 0.485 e. The van der Waals surface area contributed by atoms with E-state index in [0.717, 1.165) is 22.6 Å². The van der Waals surface area contributed by atoms with E-state index >= 15 is 0 Å². The highest BCUT2D eigenvalue weighted by Gasteiger charge is 2.21. The first-order valence-electron chi connectivity index (χ1n) is 10.3. The summed E-state index contributed by atoms with van der Waals surface area (Å²) in [4.78, 5) is 17.2. The molecule has 0 radical (unpaired) electrons. The predicted molar refractivity (Wildman–Crippen MR) is 132 cm³/mol. The molecule has 1 unspecified atom stereocenters. The summed E-state index contributed by atoms with van der Waals surface area (Å²) in [6, 6.07) is 15.8. The zero-order valence-corrected chi connectivity index (χ0v) is 20.1. The van der Waals surface area contributed by atoms with E-state index in [1.165, 1.54) is 33.3 Å². The second-order valence-corrected chi connectivity index (χ2v) is 9.65. The van der Waals surface area contributed by atoms with Gasteiger partial charge in [0.1, 0.15) is 12.4 Å². The molecule has 0 spiro atoms. The van der Waals surface area contributed by atoms with E-state index in [0.29, 0.717) is 16.1 Å². The van der Waals surface area contributed by atoms with E-state index in [1.54, 1.807) is 6.92 Å². The number of nitrogen functional groups attached to an aromatic ring is 1. The summed E-state index contributed by atoms with van der Waals surface area (Å²) in [5.41, 5.74) is 4.03. The van der Waals surface area contributed by atoms with Crippen LogP contribution in [0.1, 0.15) is 23.9 Å². The Kier molecular flexibility index (Phi) is 6.95. The number of nitrogens with one attached hydrogen (secondary N) is 1. The first-order chi connectivity index (χ1) is 15.9. The molecule has 1 atom stereocenters. The number of thiazole rings is 1. The van der Waals surface area contributed by atoms with Crippen LogP contribution in [0.25, 0.3) is 11.3 Å². The molecule has 3 N–H and O–H groups in total. The van der Waals surface area contributed by atoms with Crippen molar-refractivity contribution in [1.29, 1.82) is 0 Å². The summed E-state index contributed by atoms with van der Waals surface area (Å²) < 4.78 is 7.20. The number of aryl methyl sites for hydroxylation is 2. The third-order valence-corrected chi connectivity index (χ3v) is 6.69. The van der Waals surface area contributed by atoms with Gasteiger partial charge in [0.2, 0.25) is 11.1 Å². The molecule has 0 aliphatic heterocycles. The minimum atomic E-state index is -0.450. The molecule has 10 heteroatoms. The number of hydrogen-bond donors (Lipinski definition) is 2. The molecule has 33 heavy (non-hydrogen) atoms. The van der Waals surface area contributed by atoms with E-state index in [-0.39, 0.29) is 12.5 Å². The van der Waals surface area contributed by atoms with Crippen molar-refractivity contribution in [3.05, 3.63) is 70.9 Å². The summed E-state index contributed by atoms with van der Waals surface area (Å²) in [5, 5.41) is 13.5. The van der Waals surface area contributed by atoms with Crippen molar-refractivity contribution in [2.45, 2.75) is 37.8 Å². The Morgan fingerprint density at radius 3 is 2.76 bits per heavy atom. The third kappa shape index (κ3) is 5.52. The molecule has 1 amide bonds. The molecular weight excluding hydrogens is 456 g/mol. The van der Waals surface area contributed by atoms with Gasteiger partial charge in [-0.1, -0.05) is 59.8 Å². The Bertz CT molecular complexity index is 1260. The Balaban J connectivity index is 1.34. The smallest absolute Gasteiger partial charge is 0.239 e. The number of rotatable bonds is 8. The van der Waals surface area contributed by atoms with E-state index in [9.17, 15) is 4.79 Å². The van der Waals surface area contributed by atoms with Crippen LogP contribution < -0.4 is 15.9 Å². The van der Waals surface area contributed by atoms with Crippen LogP contribution in [0.15, 0.2) is 59.1 Å². The zero-order valence-electron chi connectivity index (χ0n) is 18.5. The normalized spacial score (nSPS) is 11.8. The Labute approximate surface area is 200 Å². The Hall–Kier alpha value is -3.37. The fraction of sp³-hybridized carbons (Fsp3) is 0.217. The highest BCUT2D eigenvalue weighted by Crippen LogP contribution is 2.27. The number of ether oxygens (including phenoxy) is 1. The molecule has 2 aromatic heterocycles. The average molecular weight is 481 g/mol. The second-order valence-electron chi connectivity index (χ2n) is 7.48. The van der Waals surface area contributed by atoms with Crippen LogP contribution in [0.3, 0.4) is 0 Å². The lowest BCUT2D eigenvalue weighted by molar-refractivity contribution is -0.115. The Morgan fingerprint density at radius 1 is 1.21 bits per heavy atom. The molecule has 0 bridgehead atoms. The summed E-state index contributed by atoms with van der Waals surface area (Å²) >= 11 is 2.61. The second kappa shape index (κ2) is 10.1. The number of amides is 1. The Morgan fingerprint density at radius 2 is 2.00 bits per heavy atom. The van der Waals surface area contributed by atoms with Gasteiger partial charge in [0.25, 0.3) is 0 Å². The summed E-state index contributed by atoms with van der Waals surface area (Å²) in [7, 11) is 0. The quantitative estimate of drug-likeness (QED) is 0.284. The van der Waals surface area contributed by atoms with Crippen LogP contribution in [-0.4, -0.2) is 31.0 Å². The number of thioether (sulfide) groups is 1. The number of aromatic nitrogens is 4. The molecule has 0 saturated carbocycles. The van der Waals surface area contributed by atoms with Crippen molar-refractivity contribution in [3.8, 4) is 17.0 Å². The van der Waals surface area contributed by atoms with Gasteiger partial charge < -0.3 is 15.9 Å². The molecule has 0 fully saturated rings. The monoisotopic (exact) mass is 480 g/mol. The lowest BCUT2D eigenvalue weighted by Crippen LogP contribution is -2.24. The molecule has 4 rings (SSSR count). The number of carbonyl (C=O) groups is 1. The fourth-order valence-electron chi connectivity index (χ4n) is 3.08. The lowest BCUT2D eigenvalue weighted by atomic mass is 10.1. The van der Waals surface area contributed by atoms with Crippen molar-refractivity contribution in [2.75, 3.05) is 11.2 Å². The molecule has 0 aliphatic carbocycles. The van der Waals surface area contributed by atoms with Crippen molar-refractivity contribution in [2.24, 2.45) is 0 Å². The van der Waals surface area contributed by atoms with Gasteiger partial charge in [-0.15, -0.1) is 21.5 Å². The molecular formula is C23H24N6O2S2. The van der Waals surface area contributed by atoms with Crippen LogP contribution in [0.4, 0.5) is 5.13 Å². The van der Waals surface area contributed by atoms with Crippen molar-refractivity contribution >= 4 is 34.1 Å². The van der Waals surface area contributed by atoms with Crippen molar-refractivity contribution < 1.29 is 9.53 Å². The number of benzene rings is 2. The SMILES string of the molecule is Cc1ccc(OCc2nnc(SC(C)C(=O)Nc3nc(-c4ccccc4)cs3)n2N)c(C)c1. The van der Waals surface area contributed by atoms with Crippen molar-refractivity contribution in [1.82, 2.24) is 19.9 Å². The molecule has 8 nitrogen and oxygen atoms in total. The number of nitrogens with zero attached hydrogens (tertiary/aromatic N) is 4. The average Bonchev–Trinajstić information content (AvgIpc) is 3.41. The van der Waals surface area contributed by atoms with Gasteiger partial charge >= 0.3 is 0 Å². The predicted octanol–water partition coefficient (Wildman–Crippen LogP) is 4.43. The molecule has 2 heterocycles. The van der Waals surface area contributed by atoms with Crippen LogP contribution >= 0.6 is 23.1 Å². The molecule has 0 aliphatic rings. The van der Waals surface area contributed by atoms with Crippen LogP contribution in [0.5, 0.6) is 5.75 Å². The molecule has 170 valence electrons. The van der Waals surface area contributed by atoms with E-state index in [1.807, 2.05) is 61.7 Å². The number of anilines is 1. The summed E-state index contributed by atoms with van der Waals surface area (Å²) in [6.07, 6.45) is 0. The first kappa shape index (κ1) is 22.8. The highest BCUT2D eigenvalue weighted by molar-refractivity contribution is 8.00. The topological polar surface area (TPSA) is 108 Å². The maximum absolute atomic E-state index is 12.7. The minimum Gasteiger partial charge on any atom is -0.485 e. The zero-order chi connectivity index (χ0) is 23.4. The minimum absolute atomic E-state index is 0.177. The van der Waals surface area contributed by atoms with E-state index in [2.05, 4.69) is 26.6 Å². The van der Waals surface area contributed by atoms with Gasteiger partial charge in [0.15, 0.2) is 11.0 Å². The van der Waals surface area contributed by atoms with Gasteiger partial charge in [-0.05, 0) is 32.4 Å². The van der Waals surface area contributed by atoms with Crippen LogP contribution in [0, 0.1) is 13.8 Å². The molecule has 0 saturated heterocycles. The van der Waals surface area contributed by atoms with Gasteiger partial charge in [-0.2, -0.15) is 0 Å². The highest BCUT2D eigenvalue weighted by atomic mass is 32.2. The van der Waals surface area contributed by atoms with E-state index < -0.39 is 5.25 Å². The van der Waals surface area contributed by atoms with Crippen LogP contribution in [-0.2, 0) is 11.4 Å². The fourth-order valence-corrected chi connectivity index (χ4v) is 4.59. The van der Waals surface area contributed by atoms with Gasteiger partial charge in [0, 0.05) is 10.9 Å². The van der Waals surface area contributed by atoms with Gasteiger partial charge in [-0.3, -0.25) is 4.79 Å². The van der Waals surface area contributed by atoms with Crippen molar-refractivity contribution in [3.63, 3.8) is 0 Å². The molecule has 4 aromatic rings. The summed E-state index contributed by atoms with van der Waals surface area (Å²) in [6.45, 7) is 5.98. The molecule has 2 aromatic carbocycles. The summed E-state index contributed by atoms with van der Waals surface area (Å²) in [5.74, 6) is 7.19. The van der Waals surface area contributed by atoms with Gasteiger partial charge in [-0.25, -0.2) is 9.66 Å². The number of carbonyl (C=O) groups excluding carboxylic acids is 1.